The topological polar surface area (TPSA) is 72.2 Å². The van der Waals surface area contributed by atoms with Gasteiger partial charge in [0, 0.05) is 5.02 Å². The molecule has 6 heteroatoms. The Morgan fingerprint density at radius 2 is 2.24 bits per heavy atom. The molecule has 1 aromatic rings. The van der Waals surface area contributed by atoms with Gasteiger partial charge in [-0.25, -0.2) is 8.42 Å². The van der Waals surface area contributed by atoms with Crippen LogP contribution in [0.5, 0.6) is 0 Å². The van der Waals surface area contributed by atoms with E-state index in [0.29, 0.717) is 11.4 Å². The molecule has 0 aromatic heterocycles. The number of terminal acetylenes is 1. The van der Waals surface area contributed by atoms with Crippen molar-refractivity contribution >= 4 is 27.3 Å². The van der Waals surface area contributed by atoms with E-state index in [1.807, 2.05) is 0 Å². The number of anilines is 1. The minimum absolute atomic E-state index is 0.0180. The molecular weight excluding hydrogens is 260 g/mol. The van der Waals surface area contributed by atoms with Gasteiger partial charge in [0.2, 0.25) is 10.0 Å². The van der Waals surface area contributed by atoms with E-state index < -0.39 is 16.1 Å². The first-order valence-corrected chi connectivity index (χ1v) is 6.80. The van der Waals surface area contributed by atoms with Crippen LogP contribution in [-0.2, 0) is 10.0 Å². The van der Waals surface area contributed by atoms with Crippen LogP contribution in [0.15, 0.2) is 23.1 Å². The van der Waals surface area contributed by atoms with Gasteiger partial charge in [-0.3, -0.25) is 0 Å². The molecule has 0 aliphatic carbocycles. The molecule has 92 valence electrons. The first kappa shape index (κ1) is 13.8. The van der Waals surface area contributed by atoms with Gasteiger partial charge in [-0.1, -0.05) is 24.4 Å². The largest absolute Gasteiger partial charge is 0.398 e. The summed E-state index contributed by atoms with van der Waals surface area (Å²) in [6.45, 7) is 1.79. The van der Waals surface area contributed by atoms with E-state index in [9.17, 15) is 8.42 Å². The highest BCUT2D eigenvalue weighted by Gasteiger charge is 2.20. The molecule has 17 heavy (non-hydrogen) atoms. The van der Waals surface area contributed by atoms with Crippen LogP contribution < -0.4 is 10.5 Å². The van der Waals surface area contributed by atoms with E-state index in [4.69, 9.17) is 23.8 Å². The molecule has 0 fully saturated rings. The van der Waals surface area contributed by atoms with Gasteiger partial charge in [-0.15, -0.1) is 6.42 Å². The second kappa shape index (κ2) is 5.41. The molecule has 1 atom stereocenters. The summed E-state index contributed by atoms with van der Waals surface area (Å²) < 4.78 is 26.3. The van der Waals surface area contributed by atoms with Crippen molar-refractivity contribution in [3.05, 3.63) is 23.2 Å². The lowest BCUT2D eigenvalue weighted by Crippen LogP contribution is -2.33. The van der Waals surface area contributed by atoms with Crippen LogP contribution in [0.4, 0.5) is 5.69 Å². The Labute approximate surface area is 106 Å². The highest BCUT2D eigenvalue weighted by molar-refractivity contribution is 7.89. The number of benzene rings is 1. The molecule has 1 aromatic carbocycles. The van der Waals surface area contributed by atoms with Crippen molar-refractivity contribution in [1.82, 2.24) is 4.72 Å². The van der Waals surface area contributed by atoms with Gasteiger partial charge in [-0.05, 0) is 24.6 Å². The Balaban J connectivity index is 3.10. The van der Waals surface area contributed by atoms with Crippen LogP contribution >= 0.6 is 11.6 Å². The minimum atomic E-state index is -3.71. The maximum Gasteiger partial charge on any atom is 0.243 e. The third kappa shape index (κ3) is 3.37. The Bertz CT molecular complexity index is 549. The number of sulfonamides is 1. The third-order valence-electron chi connectivity index (χ3n) is 2.17. The molecule has 0 aliphatic heterocycles. The molecule has 0 saturated carbocycles. The highest BCUT2D eigenvalue weighted by Crippen LogP contribution is 2.22. The van der Waals surface area contributed by atoms with E-state index in [1.165, 1.54) is 18.2 Å². The van der Waals surface area contributed by atoms with Gasteiger partial charge in [0.1, 0.15) is 4.90 Å². The van der Waals surface area contributed by atoms with Crippen molar-refractivity contribution in [3.63, 3.8) is 0 Å². The van der Waals surface area contributed by atoms with E-state index in [1.54, 1.807) is 6.92 Å². The highest BCUT2D eigenvalue weighted by atomic mass is 35.5. The van der Waals surface area contributed by atoms with Crippen molar-refractivity contribution in [2.75, 3.05) is 5.73 Å². The van der Waals surface area contributed by atoms with Crippen LogP contribution in [0.3, 0.4) is 0 Å². The molecule has 1 unspecified atom stereocenters. The van der Waals surface area contributed by atoms with E-state index in [2.05, 4.69) is 10.6 Å². The number of nitrogen functional groups attached to an aromatic ring is 1. The van der Waals surface area contributed by atoms with Gasteiger partial charge >= 0.3 is 0 Å². The lowest BCUT2D eigenvalue weighted by molar-refractivity contribution is 0.571. The van der Waals surface area contributed by atoms with Crippen LogP contribution in [0.25, 0.3) is 0 Å². The zero-order valence-electron chi connectivity index (χ0n) is 9.27. The molecule has 0 spiro atoms. The Kier molecular flexibility index (Phi) is 4.40. The van der Waals surface area contributed by atoms with Crippen molar-refractivity contribution in [2.45, 2.75) is 24.3 Å². The number of nitrogens with two attached hydrogens (primary N) is 1. The fraction of sp³-hybridized carbons (Fsp3) is 0.273. The molecule has 0 saturated heterocycles. The maximum absolute atomic E-state index is 12.0. The van der Waals surface area contributed by atoms with Crippen molar-refractivity contribution < 1.29 is 8.42 Å². The molecular formula is C11H13ClN2O2S. The summed E-state index contributed by atoms with van der Waals surface area (Å²) in [5.41, 5.74) is 5.71. The quantitative estimate of drug-likeness (QED) is 0.646. The van der Waals surface area contributed by atoms with Crippen LogP contribution in [-0.4, -0.2) is 14.5 Å². The lowest BCUT2D eigenvalue weighted by atomic mass is 10.3. The Morgan fingerprint density at radius 1 is 1.59 bits per heavy atom. The summed E-state index contributed by atoms with van der Waals surface area (Å²) in [6.07, 6.45) is 5.70. The van der Waals surface area contributed by atoms with Crippen LogP contribution in [0, 0.1) is 12.3 Å². The Morgan fingerprint density at radius 3 is 2.71 bits per heavy atom. The Hall–Kier alpha value is -1.22. The minimum Gasteiger partial charge on any atom is -0.398 e. The van der Waals surface area contributed by atoms with Gasteiger partial charge in [0.05, 0.1) is 11.7 Å². The molecule has 4 nitrogen and oxygen atoms in total. The number of hydrogen-bond acceptors (Lipinski definition) is 3. The molecule has 3 N–H and O–H groups in total. The first-order chi connectivity index (χ1) is 7.90. The monoisotopic (exact) mass is 272 g/mol. The normalized spacial score (nSPS) is 13.0. The third-order valence-corrected chi connectivity index (χ3v) is 3.95. The maximum atomic E-state index is 12.0. The summed E-state index contributed by atoms with van der Waals surface area (Å²) in [5.74, 6) is 2.35. The number of hydrogen-bond donors (Lipinski definition) is 2. The van der Waals surface area contributed by atoms with Gasteiger partial charge in [-0.2, -0.15) is 4.72 Å². The van der Waals surface area contributed by atoms with E-state index >= 15 is 0 Å². The predicted molar refractivity (Wildman–Crippen MR) is 69.1 cm³/mol. The second-order valence-electron chi connectivity index (χ2n) is 3.43. The standard InChI is InChI=1S/C11H13ClN2O2S/c1-3-9(4-2)14-17(15,16)11-6-5-8(12)7-10(11)13/h1,5-7,9,14H,4,13H2,2H3. The van der Waals surface area contributed by atoms with Gasteiger partial charge in [0.15, 0.2) is 0 Å². The number of halogens is 1. The van der Waals surface area contributed by atoms with E-state index in [0.717, 1.165) is 0 Å². The van der Waals surface area contributed by atoms with Crippen LogP contribution in [0.2, 0.25) is 5.02 Å². The summed E-state index contributed by atoms with van der Waals surface area (Å²) in [7, 11) is -3.71. The molecule has 0 amide bonds. The van der Waals surface area contributed by atoms with E-state index in [-0.39, 0.29) is 10.6 Å². The molecule has 1 rings (SSSR count). The fourth-order valence-electron chi connectivity index (χ4n) is 1.25. The number of nitrogens with one attached hydrogen (secondary N) is 1. The fourth-order valence-corrected chi connectivity index (χ4v) is 2.78. The summed E-state index contributed by atoms with van der Waals surface area (Å²) in [6, 6.07) is 3.65. The molecule has 0 heterocycles. The zero-order chi connectivity index (χ0) is 13.1. The summed E-state index contributed by atoms with van der Waals surface area (Å²) in [5, 5.41) is 0.380. The van der Waals surface area contributed by atoms with Gasteiger partial charge < -0.3 is 5.73 Å². The predicted octanol–water partition coefficient (Wildman–Crippen LogP) is 1.61. The second-order valence-corrected chi connectivity index (χ2v) is 5.55. The average Bonchev–Trinajstić information content (AvgIpc) is 2.25. The zero-order valence-corrected chi connectivity index (χ0v) is 10.8. The van der Waals surface area contributed by atoms with Gasteiger partial charge in [0.25, 0.3) is 0 Å². The molecule has 0 aliphatic rings. The SMILES string of the molecule is C#CC(CC)NS(=O)(=O)c1ccc(Cl)cc1N. The number of rotatable bonds is 4. The molecule has 0 bridgehead atoms. The van der Waals surface area contributed by atoms with Crippen molar-refractivity contribution in [2.24, 2.45) is 0 Å². The summed E-state index contributed by atoms with van der Waals surface area (Å²) in [4.78, 5) is -0.0180. The van der Waals surface area contributed by atoms with Crippen LogP contribution in [0.1, 0.15) is 13.3 Å². The summed E-state index contributed by atoms with van der Waals surface area (Å²) >= 11 is 5.70. The first-order valence-electron chi connectivity index (χ1n) is 4.94. The smallest absolute Gasteiger partial charge is 0.243 e. The lowest BCUT2D eigenvalue weighted by Gasteiger charge is -2.13. The average molecular weight is 273 g/mol. The van der Waals surface area contributed by atoms with Crippen molar-refractivity contribution in [3.8, 4) is 12.3 Å². The molecule has 0 radical (unpaired) electrons. The van der Waals surface area contributed by atoms with Crippen molar-refractivity contribution in [1.29, 1.82) is 0 Å².